The molecule has 2 aromatic carbocycles. The Labute approximate surface area is 242 Å². The summed E-state index contributed by atoms with van der Waals surface area (Å²) in [6.45, 7) is 2.10. The van der Waals surface area contributed by atoms with Crippen molar-refractivity contribution in [3.63, 3.8) is 0 Å². The van der Waals surface area contributed by atoms with Crippen molar-refractivity contribution in [2.45, 2.75) is 44.9 Å². The fourth-order valence-electron chi connectivity index (χ4n) is 5.29. The molecule has 2 aliphatic rings. The van der Waals surface area contributed by atoms with Crippen LogP contribution in [0.1, 0.15) is 40.2 Å². The molecule has 0 radical (unpaired) electrons. The number of fused-ring (bicyclic) bond motifs is 5. The molecule has 12 heteroatoms. The van der Waals surface area contributed by atoms with Crippen LogP contribution in [0.15, 0.2) is 42.7 Å². The van der Waals surface area contributed by atoms with E-state index in [1.54, 1.807) is 48.0 Å². The van der Waals surface area contributed by atoms with Gasteiger partial charge < -0.3 is 34.3 Å². The van der Waals surface area contributed by atoms with E-state index in [0.717, 1.165) is 5.56 Å². The molecule has 42 heavy (non-hydrogen) atoms. The Morgan fingerprint density at radius 2 is 1.95 bits per heavy atom. The van der Waals surface area contributed by atoms with E-state index in [4.69, 9.17) is 14.2 Å². The van der Waals surface area contributed by atoms with Crippen LogP contribution in [0, 0.1) is 12.7 Å². The van der Waals surface area contributed by atoms with Gasteiger partial charge >= 0.3 is 0 Å². The van der Waals surface area contributed by atoms with Crippen molar-refractivity contribution in [2.24, 2.45) is 7.05 Å². The van der Waals surface area contributed by atoms with Crippen LogP contribution >= 0.6 is 0 Å². The summed E-state index contributed by atoms with van der Waals surface area (Å²) in [6, 6.07) is 8.95. The SMILES string of the molecule is COc1ccc2cc1OCC(=O)N[C@@H]1CN(C(=O)c3c(C)ncn3C)CC[C@H]1Oc1cc(F)cc(c1)CNC(=O)CC2. The first kappa shape index (κ1) is 28.9. The van der Waals surface area contributed by atoms with E-state index in [9.17, 15) is 18.8 Å². The maximum absolute atomic E-state index is 14.6. The summed E-state index contributed by atoms with van der Waals surface area (Å²) < 4.78 is 33.7. The number of carbonyl (C=O) groups excluding carboxylic acids is 3. The minimum atomic E-state index is -0.620. The highest BCUT2D eigenvalue weighted by Crippen LogP contribution is 2.29. The second-order valence-electron chi connectivity index (χ2n) is 10.5. The van der Waals surface area contributed by atoms with E-state index in [0.29, 0.717) is 47.8 Å². The number of rotatable bonds is 2. The van der Waals surface area contributed by atoms with E-state index in [1.165, 1.54) is 19.2 Å². The van der Waals surface area contributed by atoms with E-state index < -0.39 is 23.9 Å². The summed E-state index contributed by atoms with van der Waals surface area (Å²) >= 11 is 0. The van der Waals surface area contributed by atoms with Gasteiger partial charge in [-0.1, -0.05) is 6.07 Å². The minimum Gasteiger partial charge on any atom is -0.493 e. The largest absolute Gasteiger partial charge is 0.493 e. The number of aryl methyl sites for hydroxylation is 3. The number of nitrogens with one attached hydrogen (secondary N) is 2. The second kappa shape index (κ2) is 12.5. The number of ether oxygens (including phenoxy) is 3. The Morgan fingerprint density at radius 3 is 2.71 bits per heavy atom. The summed E-state index contributed by atoms with van der Waals surface area (Å²) in [5.74, 6) is -0.242. The third-order valence-corrected chi connectivity index (χ3v) is 7.44. The minimum absolute atomic E-state index is 0.126. The first-order chi connectivity index (χ1) is 20.2. The molecule has 11 nitrogen and oxygen atoms in total. The molecule has 1 fully saturated rings. The average Bonchev–Trinajstić information content (AvgIpc) is 3.31. The lowest BCUT2D eigenvalue weighted by atomic mass is 10.0. The molecule has 5 rings (SSSR count). The van der Waals surface area contributed by atoms with Gasteiger partial charge in [0.25, 0.3) is 11.8 Å². The lowest BCUT2D eigenvalue weighted by molar-refractivity contribution is -0.125. The zero-order chi connectivity index (χ0) is 29.8. The van der Waals surface area contributed by atoms with Crippen LogP contribution in [0.5, 0.6) is 17.2 Å². The van der Waals surface area contributed by atoms with Gasteiger partial charge in [-0.3, -0.25) is 14.4 Å². The third kappa shape index (κ3) is 6.64. The van der Waals surface area contributed by atoms with E-state index in [-0.39, 0.29) is 43.7 Å². The van der Waals surface area contributed by atoms with Gasteiger partial charge in [0.2, 0.25) is 5.91 Å². The number of methoxy groups -OCH3 is 1. The summed E-state index contributed by atoms with van der Waals surface area (Å²) in [5, 5.41) is 5.79. The van der Waals surface area contributed by atoms with Crippen molar-refractivity contribution < 1.29 is 33.0 Å². The summed E-state index contributed by atoms with van der Waals surface area (Å²) in [7, 11) is 3.26. The van der Waals surface area contributed by atoms with Gasteiger partial charge in [-0.15, -0.1) is 0 Å². The van der Waals surface area contributed by atoms with Crippen LogP contribution in [-0.4, -0.2) is 71.1 Å². The van der Waals surface area contributed by atoms with Gasteiger partial charge in [0.05, 0.1) is 25.2 Å². The molecular weight excluding hydrogens is 545 g/mol. The Bertz CT molecular complexity index is 1470. The molecule has 0 aliphatic carbocycles. The zero-order valence-electron chi connectivity index (χ0n) is 23.8. The lowest BCUT2D eigenvalue weighted by Gasteiger charge is -2.39. The average molecular weight is 580 g/mol. The highest BCUT2D eigenvalue weighted by Gasteiger charge is 2.36. The van der Waals surface area contributed by atoms with Crippen molar-refractivity contribution in [2.75, 3.05) is 26.8 Å². The lowest BCUT2D eigenvalue weighted by Crippen LogP contribution is -2.58. The number of halogens is 1. The molecule has 0 spiro atoms. The van der Waals surface area contributed by atoms with Gasteiger partial charge in [-0.25, -0.2) is 9.37 Å². The normalized spacial score (nSPS) is 19.7. The predicted octanol–water partition coefficient (Wildman–Crippen LogP) is 2.30. The molecule has 0 unspecified atom stereocenters. The van der Waals surface area contributed by atoms with E-state index >= 15 is 0 Å². The fourth-order valence-corrected chi connectivity index (χ4v) is 5.29. The molecule has 1 saturated heterocycles. The number of amides is 3. The number of hydrogen-bond donors (Lipinski definition) is 2. The van der Waals surface area contributed by atoms with E-state index in [1.807, 2.05) is 6.07 Å². The molecule has 222 valence electrons. The molecule has 4 bridgehead atoms. The first-order valence-electron chi connectivity index (χ1n) is 13.8. The number of hydrogen-bond acceptors (Lipinski definition) is 7. The molecule has 2 N–H and O–H groups in total. The molecule has 3 amide bonds. The number of aromatic nitrogens is 2. The molecular formula is C30H34FN5O6. The molecule has 2 atom stereocenters. The smallest absolute Gasteiger partial charge is 0.272 e. The van der Waals surface area contributed by atoms with Gasteiger partial charge in [0, 0.05) is 45.6 Å². The zero-order valence-corrected chi connectivity index (χ0v) is 23.8. The van der Waals surface area contributed by atoms with E-state index in [2.05, 4.69) is 15.6 Å². The van der Waals surface area contributed by atoms with Crippen molar-refractivity contribution in [1.29, 1.82) is 0 Å². The molecule has 1 aromatic heterocycles. The van der Waals surface area contributed by atoms with Gasteiger partial charge in [0.15, 0.2) is 18.1 Å². The van der Waals surface area contributed by atoms with Crippen LogP contribution in [0.2, 0.25) is 0 Å². The maximum Gasteiger partial charge on any atom is 0.272 e. The Hall–Kier alpha value is -4.61. The quantitative estimate of drug-likeness (QED) is 0.478. The van der Waals surface area contributed by atoms with Crippen molar-refractivity contribution in [3.8, 4) is 17.2 Å². The number of benzene rings is 2. The summed E-state index contributed by atoms with van der Waals surface area (Å²) in [4.78, 5) is 45.0. The number of likely N-dealkylation sites (tertiary alicyclic amines) is 1. The molecule has 0 saturated carbocycles. The first-order valence-corrected chi connectivity index (χ1v) is 13.8. The highest BCUT2D eigenvalue weighted by atomic mass is 19.1. The third-order valence-electron chi connectivity index (χ3n) is 7.44. The second-order valence-corrected chi connectivity index (χ2v) is 10.5. The number of carbonyl (C=O) groups is 3. The topological polar surface area (TPSA) is 124 Å². The maximum atomic E-state index is 14.6. The summed E-state index contributed by atoms with van der Waals surface area (Å²) in [5.41, 5.74) is 2.45. The Balaban J connectivity index is 1.43. The van der Waals surface area contributed by atoms with Gasteiger partial charge in [-0.2, -0.15) is 0 Å². The Morgan fingerprint density at radius 1 is 1.12 bits per heavy atom. The number of nitrogens with zero attached hydrogens (tertiary/aromatic N) is 3. The highest BCUT2D eigenvalue weighted by molar-refractivity contribution is 5.94. The van der Waals surface area contributed by atoms with Crippen molar-refractivity contribution in [1.82, 2.24) is 25.1 Å². The monoisotopic (exact) mass is 579 g/mol. The van der Waals surface area contributed by atoms with Crippen LogP contribution < -0.4 is 24.8 Å². The van der Waals surface area contributed by atoms with Crippen molar-refractivity contribution in [3.05, 3.63) is 71.1 Å². The molecule has 3 aromatic rings. The standard InChI is InChI=1S/C30H34FN5O6/c1-18-29(35(2)17-33-18)30(39)36-9-8-24-23(15-36)34-28(38)16-41-26-12-19(4-6-25(26)40-3)5-7-27(37)32-14-20-10-21(31)13-22(11-20)42-24/h4,6,10-13,17,23-24H,5,7-9,14-16H2,1-3H3,(H,32,37)(H,34,38)/t23-,24-/m1/s1. The molecule has 2 aliphatic heterocycles. The number of piperidine rings is 1. The van der Waals surface area contributed by atoms with Gasteiger partial charge in [-0.05, 0) is 48.7 Å². The predicted molar refractivity (Wildman–Crippen MR) is 150 cm³/mol. The van der Waals surface area contributed by atoms with Gasteiger partial charge in [0.1, 0.15) is 23.4 Å². The Kier molecular flexibility index (Phi) is 8.60. The van der Waals surface area contributed by atoms with Crippen LogP contribution in [0.3, 0.4) is 0 Å². The van der Waals surface area contributed by atoms with Crippen molar-refractivity contribution >= 4 is 17.7 Å². The van der Waals surface area contributed by atoms with Crippen LogP contribution in [0.25, 0.3) is 0 Å². The summed E-state index contributed by atoms with van der Waals surface area (Å²) in [6.07, 6.45) is 2.04. The molecule has 3 heterocycles. The number of imidazole rings is 1. The van der Waals surface area contributed by atoms with Crippen LogP contribution in [-0.2, 0) is 29.6 Å². The van der Waals surface area contributed by atoms with Crippen LogP contribution in [0.4, 0.5) is 4.39 Å². The fraction of sp³-hybridized carbons (Fsp3) is 0.400.